The summed E-state index contributed by atoms with van der Waals surface area (Å²) in [6, 6.07) is 3.80. The van der Waals surface area contributed by atoms with Crippen LogP contribution in [0.5, 0.6) is 0 Å². The average Bonchev–Trinajstić information content (AvgIpc) is 2.29. The van der Waals surface area contributed by atoms with Gasteiger partial charge in [0.05, 0.1) is 18.4 Å². The second kappa shape index (κ2) is 6.42. The first-order chi connectivity index (χ1) is 7.67. The topological polar surface area (TPSA) is 71.6 Å². The zero-order valence-electron chi connectivity index (χ0n) is 9.76. The van der Waals surface area contributed by atoms with Crippen molar-refractivity contribution < 1.29 is 9.84 Å². The molecule has 1 heterocycles. The smallest absolute Gasteiger partial charge is 0.0947 e. The van der Waals surface area contributed by atoms with Crippen molar-refractivity contribution in [2.24, 2.45) is 5.73 Å². The molecule has 0 aromatic carbocycles. The number of likely N-dealkylation sites (N-methyl/N-ethyl adjacent to an activating group) is 1. The minimum absolute atomic E-state index is 0.333. The molecule has 0 aliphatic carbocycles. The van der Waals surface area contributed by atoms with E-state index in [0.717, 1.165) is 11.4 Å². The van der Waals surface area contributed by atoms with Crippen LogP contribution in [0, 0.1) is 0 Å². The number of pyridine rings is 1. The highest BCUT2D eigenvalue weighted by atomic mass is 16.5. The number of aliphatic hydroxyl groups is 1. The molecule has 1 aromatic heterocycles. The predicted molar refractivity (Wildman–Crippen MR) is 63.3 cm³/mol. The number of aromatic nitrogens is 1. The van der Waals surface area contributed by atoms with Gasteiger partial charge in [-0.25, -0.2) is 0 Å². The van der Waals surface area contributed by atoms with Crippen molar-refractivity contribution in [3.63, 3.8) is 0 Å². The van der Waals surface area contributed by atoms with Crippen molar-refractivity contribution in [2.45, 2.75) is 12.6 Å². The molecule has 1 aromatic rings. The number of hydrogen-bond donors (Lipinski definition) is 2. The van der Waals surface area contributed by atoms with E-state index in [4.69, 9.17) is 10.5 Å². The highest BCUT2D eigenvalue weighted by Crippen LogP contribution is 2.12. The van der Waals surface area contributed by atoms with Crippen molar-refractivity contribution >= 4 is 5.69 Å². The van der Waals surface area contributed by atoms with Crippen molar-refractivity contribution in [2.75, 3.05) is 32.2 Å². The fourth-order valence-corrected chi connectivity index (χ4v) is 1.48. The second-order valence-corrected chi connectivity index (χ2v) is 3.70. The lowest BCUT2D eigenvalue weighted by molar-refractivity contribution is 0.0695. The lowest BCUT2D eigenvalue weighted by Gasteiger charge is -2.22. The van der Waals surface area contributed by atoms with E-state index < -0.39 is 6.10 Å². The van der Waals surface area contributed by atoms with E-state index in [1.54, 1.807) is 13.3 Å². The first-order valence-electron chi connectivity index (χ1n) is 5.20. The van der Waals surface area contributed by atoms with E-state index in [-0.39, 0.29) is 0 Å². The van der Waals surface area contributed by atoms with Crippen molar-refractivity contribution in [3.05, 3.63) is 24.0 Å². The third-order valence-corrected chi connectivity index (χ3v) is 2.29. The normalized spacial score (nSPS) is 12.5. The van der Waals surface area contributed by atoms with Gasteiger partial charge in [0.2, 0.25) is 0 Å². The third kappa shape index (κ3) is 3.77. The molecule has 1 atom stereocenters. The van der Waals surface area contributed by atoms with Crippen LogP contribution in [0.25, 0.3) is 0 Å². The Morgan fingerprint density at radius 3 is 3.00 bits per heavy atom. The van der Waals surface area contributed by atoms with Crippen LogP contribution in [0.4, 0.5) is 5.69 Å². The lowest BCUT2D eigenvalue weighted by atomic mass is 10.2. The minimum atomic E-state index is -0.496. The molecule has 5 heteroatoms. The number of rotatable bonds is 6. The number of ether oxygens (including phenoxy) is 1. The van der Waals surface area contributed by atoms with E-state index >= 15 is 0 Å². The molecule has 0 bridgehead atoms. The summed E-state index contributed by atoms with van der Waals surface area (Å²) < 4.78 is 4.88. The van der Waals surface area contributed by atoms with E-state index in [0.29, 0.717) is 19.7 Å². The molecule has 1 rings (SSSR count). The molecule has 0 radical (unpaired) electrons. The molecule has 3 N–H and O–H groups in total. The Morgan fingerprint density at radius 2 is 2.38 bits per heavy atom. The van der Waals surface area contributed by atoms with Gasteiger partial charge in [-0.05, 0) is 12.1 Å². The monoisotopic (exact) mass is 225 g/mol. The Kier molecular flexibility index (Phi) is 5.18. The van der Waals surface area contributed by atoms with E-state index in [9.17, 15) is 5.11 Å². The maximum Gasteiger partial charge on any atom is 0.0947 e. The largest absolute Gasteiger partial charge is 0.389 e. The van der Waals surface area contributed by atoms with Crippen LogP contribution in [-0.2, 0) is 11.3 Å². The van der Waals surface area contributed by atoms with Crippen LogP contribution in [0.1, 0.15) is 5.69 Å². The summed E-state index contributed by atoms with van der Waals surface area (Å²) in [5.41, 5.74) is 7.35. The molecule has 0 saturated heterocycles. The van der Waals surface area contributed by atoms with Crippen LogP contribution < -0.4 is 10.6 Å². The molecule has 90 valence electrons. The van der Waals surface area contributed by atoms with Crippen molar-refractivity contribution in [1.82, 2.24) is 4.98 Å². The maximum absolute atomic E-state index is 9.60. The number of hydrogen-bond acceptors (Lipinski definition) is 5. The van der Waals surface area contributed by atoms with Gasteiger partial charge in [-0.2, -0.15) is 0 Å². The highest BCUT2D eigenvalue weighted by Gasteiger charge is 2.08. The molecule has 1 unspecified atom stereocenters. The first-order valence-corrected chi connectivity index (χ1v) is 5.20. The number of nitrogens with zero attached hydrogens (tertiary/aromatic N) is 2. The molecule has 0 fully saturated rings. The van der Waals surface area contributed by atoms with E-state index in [1.807, 2.05) is 24.1 Å². The quantitative estimate of drug-likeness (QED) is 0.712. The first kappa shape index (κ1) is 12.9. The fraction of sp³-hybridized carbons (Fsp3) is 0.545. The molecule has 0 spiro atoms. The summed E-state index contributed by atoms with van der Waals surface area (Å²) in [5.74, 6) is 0. The van der Waals surface area contributed by atoms with Gasteiger partial charge >= 0.3 is 0 Å². The summed E-state index contributed by atoms with van der Waals surface area (Å²) in [7, 11) is 3.48. The Hall–Kier alpha value is -1.17. The highest BCUT2D eigenvalue weighted by molar-refractivity contribution is 5.45. The number of nitrogens with two attached hydrogens (primary N) is 1. The fourth-order valence-electron chi connectivity index (χ4n) is 1.48. The average molecular weight is 225 g/mol. The minimum Gasteiger partial charge on any atom is -0.389 e. The lowest BCUT2D eigenvalue weighted by Crippen LogP contribution is -2.31. The van der Waals surface area contributed by atoms with Crippen LogP contribution in [0.2, 0.25) is 0 Å². The van der Waals surface area contributed by atoms with Gasteiger partial charge in [0.1, 0.15) is 0 Å². The van der Waals surface area contributed by atoms with Crippen LogP contribution >= 0.6 is 0 Å². The number of methoxy groups -OCH3 is 1. The van der Waals surface area contributed by atoms with Gasteiger partial charge < -0.3 is 20.5 Å². The summed E-state index contributed by atoms with van der Waals surface area (Å²) in [6.07, 6.45) is 1.22. The number of aliphatic hydroxyl groups excluding tert-OH is 1. The molecule has 0 aliphatic heterocycles. The molecule has 16 heavy (non-hydrogen) atoms. The van der Waals surface area contributed by atoms with Gasteiger partial charge in [0.15, 0.2) is 0 Å². The molecule has 0 amide bonds. The third-order valence-electron chi connectivity index (χ3n) is 2.29. The summed E-state index contributed by atoms with van der Waals surface area (Å²) >= 11 is 0. The standard InChI is InChI=1S/C11H19N3O2/c1-14(7-11(15)8-16-2)10-3-4-13-9(5-10)6-12/h3-5,11,15H,6-8,12H2,1-2H3. The van der Waals surface area contributed by atoms with Gasteiger partial charge in [-0.1, -0.05) is 0 Å². The summed E-state index contributed by atoms with van der Waals surface area (Å²) in [6.45, 7) is 1.27. The van der Waals surface area contributed by atoms with Crippen LogP contribution in [0.3, 0.4) is 0 Å². The van der Waals surface area contributed by atoms with Crippen molar-refractivity contribution in [3.8, 4) is 0 Å². The molecular formula is C11H19N3O2. The second-order valence-electron chi connectivity index (χ2n) is 3.70. The Morgan fingerprint density at radius 1 is 1.62 bits per heavy atom. The maximum atomic E-state index is 9.60. The Labute approximate surface area is 95.8 Å². The molecule has 5 nitrogen and oxygen atoms in total. The number of anilines is 1. The SMILES string of the molecule is COCC(O)CN(C)c1ccnc(CN)c1. The van der Waals surface area contributed by atoms with Gasteiger partial charge in [-0.15, -0.1) is 0 Å². The molecule has 0 aliphatic rings. The van der Waals surface area contributed by atoms with Gasteiger partial charge in [0, 0.05) is 39.1 Å². The molecular weight excluding hydrogens is 206 g/mol. The zero-order chi connectivity index (χ0) is 12.0. The van der Waals surface area contributed by atoms with Gasteiger partial charge in [-0.3, -0.25) is 4.98 Å². The zero-order valence-corrected chi connectivity index (χ0v) is 9.76. The van der Waals surface area contributed by atoms with Crippen LogP contribution in [-0.4, -0.2) is 43.5 Å². The van der Waals surface area contributed by atoms with Crippen molar-refractivity contribution in [1.29, 1.82) is 0 Å². The summed E-state index contributed by atoms with van der Waals surface area (Å²) in [4.78, 5) is 6.07. The van der Waals surface area contributed by atoms with Crippen LogP contribution in [0.15, 0.2) is 18.3 Å². The van der Waals surface area contributed by atoms with E-state index in [1.165, 1.54) is 0 Å². The summed E-state index contributed by atoms with van der Waals surface area (Å²) in [5, 5.41) is 9.60. The molecule has 0 saturated carbocycles. The Balaban J connectivity index is 2.61. The van der Waals surface area contributed by atoms with E-state index in [2.05, 4.69) is 4.98 Å². The van der Waals surface area contributed by atoms with Gasteiger partial charge in [0.25, 0.3) is 0 Å². The Bertz CT molecular complexity index is 320. The predicted octanol–water partition coefficient (Wildman–Crippen LogP) is -0.0162.